The Kier molecular flexibility index (Phi) is 7.61. The molecule has 2 aromatic carbocycles. The summed E-state index contributed by atoms with van der Waals surface area (Å²) in [7, 11) is 0. The Labute approximate surface area is 168 Å². The van der Waals surface area contributed by atoms with E-state index in [9.17, 15) is 8.78 Å². The first-order valence-electron chi connectivity index (χ1n) is 10.7. The largest absolute Gasteiger partial charge is 0.297 e. The van der Waals surface area contributed by atoms with Crippen LogP contribution in [0, 0.1) is 0 Å². The number of nitrogens with zero attached hydrogens (tertiary/aromatic N) is 1. The van der Waals surface area contributed by atoms with Crippen molar-refractivity contribution in [2.45, 2.75) is 76.8 Å². The van der Waals surface area contributed by atoms with E-state index in [1.54, 1.807) is 0 Å². The minimum atomic E-state index is -1.05. The van der Waals surface area contributed by atoms with Gasteiger partial charge in [0.15, 0.2) is 0 Å². The first kappa shape index (κ1) is 21.0. The van der Waals surface area contributed by atoms with E-state index in [0.29, 0.717) is 25.3 Å². The van der Waals surface area contributed by atoms with Gasteiger partial charge < -0.3 is 0 Å². The van der Waals surface area contributed by atoms with Gasteiger partial charge in [0.2, 0.25) is 0 Å². The predicted octanol–water partition coefficient (Wildman–Crippen LogP) is 6.47. The van der Waals surface area contributed by atoms with E-state index in [0.717, 1.165) is 31.5 Å². The molecule has 1 aliphatic carbocycles. The molecule has 0 amide bonds. The fourth-order valence-electron chi connectivity index (χ4n) is 4.37. The highest BCUT2D eigenvalue weighted by molar-refractivity contribution is 5.28. The van der Waals surface area contributed by atoms with Crippen molar-refractivity contribution in [1.82, 2.24) is 4.90 Å². The minimum Gasteiger partial charge on any atom is -0.297 e. The lowest BCUT2D eigenvalue weighted by molar-refractivity contribution is 0.124. The first-order chi connectivity index (χ1) is 13.6. The zero-order valence-electron chi connectivity index (χ0n) is 17.2. The molecular weight excluding hydrogens is 352 g/mol. The second-order valence-electron chi connectivity index (χ2n) is 8.17. The molecule has 28 heavy (non-hydrogen) atoms. The smallest absolute Gasteiger partial charge is 0.110 e. The Bertz CT molecular complexity index is 690. The average molecular weight is 386 g/mol. The van der Waals surface area contributed by atoms with Gasteiger partial charge in [-0.25, -0.2) is 8.78 Å². The van der Waals surface area contributed by atoms with Gasteiger partial charge in [0, 0.05) is 18.5 Å². The van der Waals surface area contributed by atoms with Crippen molar-refractivity contribution in [3.05, 3.63) is 71.3 Å². The summed E-state index contributed by atoms with van der Waals surface area (Å²) in [5.74, 6) is -0.580. The summed E-state index contributed by atoms with van der Waals surface area (Å²) in [5.41, 5.74) is 3.40. The molecule has 0 aliphatic heterocycles. The number of hydrogen-bond acceptors (Lipinski definition) is 1. The van der Waals surface area contributed by atoms with Crippen LogP contribution < -0.4 is 0 Å². The van der Waals surface area contributed by atoms with Crippen molar-refractivity contribution in [2.24, 2.45) is 0 Å². The number of alkyl halides is 2. The summed E-state index contributed by atoms with van der Waals surface area (Å²) in [6, 6.07) is 19.1. The van der Waals surface area contributed by atoms with Crippen LogP contribution in [0.5, 0.6) is 0 Å². The van der Waals surface area contributed by atoms with Crippen molar-refractivity contribution >= 4 is 0 Å². The van der Waals surface area contributed by atoms with Crippen LogP contribution in [0.15, 0.2) is 54.6 Å². The van der Waals surface area contributed by atoms with E-state index in [2.05, 4.69) is 61.2 Å². The van der Waals surface area contributed by atoms with Crippen LogP contribution in [0.3, 0.4) is 0 Å². The first-order valence-corrected chi connectivity index (χ1v) is 10.7. The Balaban J connectivity index is 1.55. The van der Waals surface area contributed by atoms with Crippen LogP contribution in [0.25, 0.3) is 0 Å². The molecule has 0 aromatic heterocycles. The summed E-state index contributed by atoms with van der Waals surface area (Å²) in [6.07, 6.45) is 1.58. The molecule has 3 rings (SSSR count). The molecule has 1 saturated carbocycles. The van der Waals surface area contributed by atoms with Gasteiger partial charge in [-0.15, -0.1) is 0 Å². The van der Waals surface area contributed by atoms with Crippen molar-refractivity contribution in [3.8, 4) is 0 Å². The van der Waals surface area contributed by atoms with Crippen molar-refractivity contribution in [2.75, 3.05) is 6.54 Å². The van der Waals surface area contributed by atoms with Gasteiger partial charge in [-0.05, 0) is 62.3 Å². The van der Waals surface area contributed by atoms with Crippen LogP contribution in [0.1, 0.15) is 62.1 Å². The Morgan fingerprint density at radius 3 is 2.18 bits per heavy atom. The highest BCUT2D eigenvalue weighted by Crippen LogP contribution is 2.37. The third kappa shape index (κ3) is 5.41. The average Bonchev–Trinajstić information content (AvgIpc) is 2.72. The Hall–Kier alpha value is -1.74. The van der Waals surface area contributed by atoms with Gasteiger partial charge >= 0.3 is 0 Å². The molecule has 3 unspecified atom stereocenters. The molecule has 0 spiro atoms. The van der Waals surface area contributed by atoms with E-state index in [4.69, 9.17) is 0 Å². The third-order valence-corrected chi connectivity index (χ3v) is 6.21. The summed E-state index contributed by atoms with van der Waals surface area (Å²) in [5, 5.41) is 0. The standard InChI is InChI=1S/C25H33F2N/c1-3-28(18-21-8-5-4-6-9-21)19(2)12-13-20-14-16-22(17-15-20)25-23(26)10-7-11-24(25)27/h4-6,8-9,14-17,19,23-25H,3,7,10-13,18H2,1-2H3. The maximum Gasteiger partial charge on any atom is 0.110 e. The summed E-state index contributed by atoms with van der Waals surface area (Å²) >= 11 is 0. The Morgan fingerprint density at radius 2 is 1.57 bits per heavy atom. The fourth-order valence-corrected chi connectivity index (χ4v) is 4.37. The van der Waals surface area contributed by atoms with Gasteiger partial charge in [-0.3, -0.25) is 4.90 Å². The molecule has 2 aromatic rings. The monoisotopic (exact) mass is 385 g/mol. The highest BCUT2D eigenvalue weighted by Gasteiger charge is 2.34. The van der Waals surface area contributed by atoms with Gasteiger partial charge in [-0.1, -0.05) is 61.5 Å². The zero-order valence-corrected chi connectivity index (χ0v) is 17.2. The number of halogens is 2. The van der Waals surface area contributed by atoms with Crippen LogP contribution in [-0.2, 0) is 13.0 Å². The lowest BCUT2D eigenvalue weighted by Gasteiger charge is -2.30. The lowest BCUT2D eigenvalue weighted by atomic mass is 9.81. The van der Waals surface area contributed by atoms with Gasteiger partial charge in [0.25, 0.3) is 0 Å². The molecule has 3 heteroatoms. The van der Waals surface area contributed by atoms with E-state index in [-0.39, 0.29) is 0 Å². The Morgan fingerprint density at radius 1 is 0.929 bits per heavy atom. The third-order valence-electron chi connectivity index (χ3n) is 6.21. The van der Waals surface area contributed by atoms with Crippen LogP contribution in [-0.4, -0.2) is 29.8 Å². The number of hydrogen-bond donors (Lipinski definition) is 0. The molecule has 1 aliphatic rings. The van der Waals surface area contributed by atoms with Crippen molar-refractivity contribution in [3.63, 3.8) is 0 Å². The quantitative estimate of drug-likeness (QED) is 0.503. The summed E-state index contributed by atoms with van der Waals surface area (Å²) < 4.78 is 28.4. The van der Waals surface area contributed by atoms with Crippen LogP contribution >= 0.6 is 0 Å². The lowest BCUT2D eigenvalue weighted by Crippen LogP contribution is -2.32. The van der Waals surface area contributed by atoms with E-state index in [1.165, 1.54) is 11.1 Å². The minimum absolute atomic E-state index is 0.480. The number of rotatable bonds is 8. The maximum absolute atomic E-state index is 14.2. The molecule has 0 saturated heterocycles. The second kappa shape index (κ2) is 10.2. The topological polar surface area (TPSA) is 3.24 Å². The van der Waals surface area contributed by atoms with Gasteiger partial charge in [-0.2, -0.15) is 0 Å². The van der Waals surface area contributed by atoms with E-state index in [1.807, 2.05) is 12.1 Å². The fraction of sp³-hybridized carbons (Fsp3) is 0.520. The number of aryl methyl sites for hydroxylation is 1. The van der Waals surface area contributed by atoms with Gasteiger partial charge in [0.1, 0.15) is 12.3 Å². The zero-order chi connectivity index (χ0) is 19.9. The number of benzene rings is 2. The van der Waals surface area contributed by atoms with E-state index < -0.39 is 18.3 Å². The molecular formula is C25H33F2N. The molecule has 152 valence electrons. The van der Waals surface area contributed by atoms with E-state index >= 15 is 0 Å². The molecule has 3 atom stereocenters. The molecule has 0 heterocycles. The molecule has 0 N–H and O–H groups in total. The summed E-state index contributed by atoms with van der Waals surface area (Å²) in [6.45, 7) is 6.48. The normalized spacial score (nSPS) is 23.7. The second-order valence-corrected chi connectivity index (χ2v) is 8.17. The van der Waals surface area contributed by atoms with Crippen molar-refractivity contribution < 1.29 is 8.78 Å². The van der Waals surface area contributed by atoms with Crippen molar-refractivity contribution in [1.29, 1.82) is 0 Å². The highest BCUT2D eigenvalue weighted by atomic mass is 19.1. The van der Waals surface area contributed by atoms with Gasteiger partial charge in [0.05, 0.1) is 0 Å². The summed E-state index contributed by atoms with van der Waals surface area (Å²) in [4.78, 5) is 2.49. The predicted molar refractivity (Wildman–Crippen MR) is 113 cm³/mol. The van der Waals surface area contributed by atoms with Crippen LogP contribution in [0.2, 0.25) is 0 Å². The molecule has 1 fully saturated rings. The SMILES string of the molecule is CCN(Cc1ccccc1)C(C)CCc1ccc(C2C(F)CCCC2F)cc1. The molecule has 1 nitrogen and oxygen atoms in total. The van der Waals surface area contributed by atoms with Crippen LogP contribution in [0.4, 0.5) is 8.78 Å². The maximum atomic E-state index is 14.2. The molecule has 0 radical (unpaired) electrons. The molecule has 0 bridgehead atoms.